The molecule has 2 N–H and O–H groups in total. The lowest BCUT2D eigenvalue weighted by atomic mass is 10.1. The monoisotopic (exact) mass is 230 g/mol. The lowest BCUT2D eigenvalue weighted by molar-refractivity contribution is 0.0954. The van der Waals surface area contributed by atoms with Gasteiger partial charge < -0.3 is 10.3 Å². The van der Waals surface area contributed by atoms with E-state index in [1.165, 1.54) is 0 Å². The van der Waals surface area contributed by atoms with Crippen LogP contribution in [0.25, 0.3) is 10.9 Å². The van der Waals surface area contributed by atoms with Crippen LogP contribution in [0.1, 0.15) is 35.8 Å². The highest BCUT2D eigenvalue weighted by molar-refractivity contribution is 6.08. The number of hydrogen-bond donors (Lipinski definition) is 2. The van der Waals surface area contributed by atoms with Gasteiger partial charge in [-0.05, 0) is 19.4 Å². The summed E-state index contributed by atoms with van der Waals surface area (Å²) in [7, 11) is 0. The van der Waals surface area contributed by atoms with Gasteiger partial charge in [0, 0.05) is 23.1 Å². The molecule has 0 atom stereocenters. The minimum absolute atomic E-state index is 0.0217. The molecule has 1 amide bonds. The van der Waals surface area contributed by atoms with Gasteiger partial charge in [0.1, 0.15) is 0 Å². The fraction of sp³-hybridized carbons (Fsp3) is 0.357. The van der Waals surface area contributed by atoms with Crippen molar-refractivity contribution in [1.82, 2.24) is 10.3 Å². The van der Waals surface area contributed by atoms with E-state index in [-0.39, 0.29) is 5.91 Å². The molecule has 0 radical (unpaired) electrons. The largest absolute Gasteiger partial charge is 0.358 e. The third-order valence-corrected chi connectivity index (χ3v) is 2.94. The molecule has 0 saturated heterocycles. The molecule has 2 aromatic rings. The molecule has 3 nitrogen and oxygen atoms in total. The van der Waals surface area contributed by atoms with Crippen molar-refractivity contribution < 1.29 is 4.79 Å². The maximum atomic E-state index is 12.1. The fourth-order valence-corrected chi connectivity index (χ4v) is 2.04. The average Bonchev–Trinajstić information content (AvgIpc) is 2.65. The van der Waals surface area contributed by atoms with E-state index in [1.807, 2.05) is 31.2 Å². The molecule has 3 heteroatoms. The number of benzene rings is 1. The Morgan fingerprint density at radius 1 is 1.35 bits per heavy atom. The van der Waals surface area contributed by atoms with Gasteiger partial charge in [-0.3, -0.25) is 4.79 Å². The van der Waals surface area contributed by atoms with E-state index in [2.05, 4.69) is 17.2 Å². The lowest BCUT2D eigenvalue weighted by Gasteiger charge is -2.04. The van der Waals surface area contributed by atoms with Crippen molar-refractivity contribution in [3.05, 3.63) is 35.5 Å². The lowest BCUT2D eigenvalue weighted by Crippen LogP contribution is -2.24. The fourth-order valence-electron chi connectivity index (χ4n) is 2.04. The molecular weight excluding hydrogens is 212 g/mol. The third kappa shape index (κ3) is 2.33. The van der Waals surface area contributed by atoms with Crippen molar-refractivity contribution in [1.29, 1.82) is 0 Å². The first kappa shape index (κ1) is 11.7. The first-order valence-corrected chi connectivity index (χ1v) is 6.09. The zero-order chi connectivity index (χ0) is 12.3. The summed E-state index contributed by atoms with van der Waals surface area (Å²) in [5.74, 6) is 0.0217. The molecule has 0 fully saturated rings. The number of hydrogen-bond acceptors (Lipinski definition) is 1. The quantitative estimate of drug-likeness (QED) is 0.779. The zero-order valence-electron chi connectivity index (χ0n) is 10.3. The van der Waals surface area contributed by atoms with Gasteiger partial charge in [0.2, 0.25) is 0 Å². The molecule has 0 spiro atoms. The van der Waals surface area contributed by atoms with Crippen LogP contribution in [-0.4, -0.2) is 17.4 Å². The second-order valence-electron chi connectivity index (χ2n) is 4.28. The van der Waals surface area contributed by atoms with E-state index in [0.29, 0.717) is 0 Å². The summed E-state index contributed by atoms with van der Waals surface area (Å²) in [4.78, 5) is 15.3. The molecule has 0 saturated carbocycles. The number of aromatic nitrogens is 1. The van der Waals surface area contributed by atoms with Crippen LogP contribution in [0.15, 0.2) is 24.3 Å². The molecule has 1 heterocycles. The Morgan fingerprint density at radius 2 is 2.12 bits per heavy atom. The number of nitrogens with one attached hydrogen (secondary N) is 2. The van der Waals surface area contributed by atoms with Crippen molar-refractivity contribution in [3.63, 3.8) is 0 Å². The minimum atomic E-state index is 0.0217. The number of unbranched alkanes of at least 4 members (excludes halogenated alkanes) is 1. The van der Waals surface area contributed by atoms with Gasteiger partial charge in [-0.2, -0.15) is 0 Å². The van der Waals surface area contributed by atoms with Crippen LogP contribution in [0, 0.1) is 6.92 Å². The van der Waals surface area contributed by atoms with Gasteiger partial charge in [0.05, 0.1) is 5.56 Å². The Bertz CT molecular complexity index is 528. The predicted molar refractivity (Wildman–Crippen MR) is 70.3 cm³/mol. The van der Waals surface area contributed by atoms with Gasteiger partial charge in [-0.15, -0.1) is 0 Å². The number of fused-ring (bicyclic) bond motifs is 1. The van der Waals surface area contributed by atoms with E-state index in [9.17, 15) is 4.79 Å². The first-order chi connectivity index (χ1) is 8.24. The zero-order valence-corrected chi connectivity index (χ0v) is 10.3. The number of rotatable bonds is 4. The average molecular weight is 230 g/mol. The van der Waals surface area contributed by atoms with Crippen LogP contribution in [0.5, 0.6) is 0 Å². The SMILES string of the molecule is CCCCNC(=O)c1c(C)[nH]c2ccccc12. The molecular formula is C14H18N2O. The maximum absolute atomic E-state index is 12.1. The Kier molecular flexibility index (Phi) is 3.47. The van der Waals surface area contributed by atoms with Crippen molar-refractivity contribution in [2.75, 3.05) is 6.54 Å². The standard InChI is InChI=1S/C14H18N2O/c1-3-4-9-15-14(17)13-10(2)16-12-8-6-5-7-11(12)13/h5-8,16H,3-4,9H2,1-2H3,(H,15,17). The molecule has 0 aliphatic heterocycles. The second kappa shape index (κ2) is 5.04. The van der Waals surface area contributed by atoms with Gasteiger partial charge in [0.15, 0.2) is 0 Å². The molecule has 1 aromatic heterocycles. The Balaban J connectivity index is 2.28. The topological polar surface area (TPSA) is 44.9 Å². The highest BCUT2D eigenvalue weighted by Crippen LogP contribution is 2.21. The molecule has 0 aliphatic rings. The maximum Gasteiger partial charge on any atom is 0.253 e. The second-order valence-corrected chi connectivity index (χ2v) is 4.28. The number of carbonyl (C=O) groups excluding carboxylic acids is 1. The van der Waals surface area contributed by atoms with Gasteiger partial charge >= 0.3 is 0 Å². The summed E-state index contributed by atoms with van der Waals surface area (Å²) in [5, 5.41) is 3.96. The van der Waals surface area contributed by atoms with Crippen LogP contribution in [-0.2, 0) is 0 Å². The van der Waals surface area contributed by atoms with Crippen molar-refractivity contribution in [2.45, 2.75) is 26.7 Å². The molecule has 0 aliphatic carbocycles. The summed E-state index contributed by atoms with van der Waals surface area (Å²) < 4.78 is 0. The van der Waals surface area contributed by atoms with Crippen molar-refractivity contribution in [2.24, 2.45) is 0 Å². The summed E-state index contributed by atoms with van der Waals surface area (Å²) in [6.07, 6.45) is 2.11. The van der Waals surface area contributed by atoms with E-state index in [1.54, 1.807) is 0 Å². The number of carbonyl (C=O) groups is 1. The van der Waals surface area contributed by atoms with Gasteiger partial charge in [-0.25, -0.2) is 0 Å². The van der Waals surface area contributed by atoms with Crippen LogP contribution in [0.2, 0.25) is 0 Å². The predicted octanol–water partition coefficient (Wildman–Crippen LogP) is 3.01. The van der Waals surface area contributed by atoms with Crippen LogP contribution in [0.4, 0.5) is 0 Å². The van der Waals surface area contributed by atoms with Crippen molar-refractivity contribution in [3.8, 4) is 0 Å². The Morgan fingerprint density at radius 3 is 2.88 bits per heavy atom. The van der Waals surface area contributed by atoms with Crippen LogP contribution < -0.4 is 5.32 Å². The highest BCUT2D eigenvalue weighted by atomic mass is 16.1. The first-order valence-electron chi connectivity index (χ1n) is 6.09. The Labute approximate surface area is 101 Å². The van der Waals surface area contributed by atoms with Crippen molar-refractivity contribution >= 4 is 16.8 Å². The van der Waals surface area contributed by atoms with Gasteiger partial charge in [-0.1, -0.05) is 31.5 Å². The molecule has 1 aromatic carbocycles. The number of H-pyrrole nitrogens is 1. The number of aryl methyl sites for hydroxylation is 1. The van der Waals surface area contributed by atoms with E-state index in [4.69, 9.17) is 0 Å². The molecule has 2 rings (SSSR count). The van der Waals surface area contributed by atoms with E-state index < -0.39 is 0 Å². The number of amides is 1. The molecule has 17 heavy (non-hydrogen) atoms. The van der Waals surface area contributed by atoms with Crippen LogP contribution >= 0.6 is 0 Å². The number of para-hydroxylation sites is 1. The third-order valence-electron chi connectivity index (χ3n) is 2.94. The molecule has 90 valence electrons. The summed E-state index contributed by atoms with van der Waals surface area (Å²) in [6, 6.07) is 7.90. The smallest absolute Gasteiger partial charge is 0.253 e. The minimum Gasteiger partial charge on any atom is -0.358 e. The van der Waals surface area contributed by atoms with Gasteiger partial charge in [0.25, 0.3) is 5.91 Å². The van der Waals surface area contributed by atoms with Crippen LogP contribution in [0.3, 0.4) is 0 Å². The van der Waals surface area contributed by atoms with E-state index in [0.717, 1.165) is 41.5 Å². The van der Waals surface area contributed by atoms with E-state index >= 15 is 0 Å². The normalized spacial score (nSPS) is 10.7. The highest BCUT2D eigenvalue weighted by Gasteiger charge is 2.14. The number of aromatic amines is 1. The summed E-state index contributed by atoms with van der Waals surface area (Å²) in [5.41, 5.74) is 2.72. The molecule has 0 bridgehead atoms. The molecule has 0 unspecified atom stereocenters. The Hall–Kier alpha value is -1.77. The summed E-state index contributed by atoms with van der Waals surface area (Å²) >= 11 is 0. The summed E-state index contributed by atoms with van der Waals surface area (Å²) in [6.45, 7) is 4.80.